The van der Waals surface area contributed by atoms with E-state index < -0.39 is 97.5 Å². The molecular formula is C75H146O17P2. The van der Waals surface area contributed by atoms with E-state index in [4.69, 9.17) is 37.0 Å². The van der Waals surface area contributed by atoms with Gasteiger partial charge in [-0.05, 0) is 43.4 Å². The smallest absolute Gasteiger partial charge is 0.462 e. The number of esters is 4. The van der Waals surface area contributed by atoms with Gasteiger partial charge in [0, 0.05) is 25.7 Å². The third-order valence-corrected chi connectivity index (χ3v) is 20.0. The van der Waals surface area contributed by atoms with Crippen molar-refractivity contribution in [3.63, 3.8) is 0 Å². The van der Waals surface area contributed by atoms with E-state index in [9.17, 15) is 43.2 Å². The zero-order valence-corrected chi connectivity index (χ0v) is 63.2. The van der Waals surface area contributed by atoms with E-state index in [0.29, 0.717) is 25.7 Å². The molecule has 0 bridgehead atoms. The number of phosphoric acid groups is 2. The van der Waals surface area contributed by atoms with E-state index in [-0.39, 0.29) is 25.7 Å². The van der Waals surface area contributed by atoms with Crippen LogP contribution in [0.1, 0.15) is 382 Å². The predicted molar refractivity (Wildman–Crippen MR) is 381 cm³/mol. The molecule has 0 aromatic carbocycles. The topological polar surface area (TPSA) is 237 Å². The fraction of sp³-hybridized carbons (Fsp3) is 0.947. The van der Waals surface area contributed by atoms with E-state index in [0.717, 1.165) is 114 Å². The molecule has 0 radical (unpaired) electrons. The molecule has 7 atom stereocenters. The summed E-state index contributed by atoms with van der Waals surface area (Å²) in [5, 5.41) is 10.6. The molecule has 94 heavy (non-hydrogen) atoms. The van der Waals surface area contributed by atoms with Crippen LogP contribution in [0, 0.1) is 17.8 Å². The zero-order valence-electron chi connectivity index (χ0n) is 61.4. The number of aliphatic hydroxyl groups excluding tert-OH is 1. The van der Waals surface area contributed by atoms with Crippen LogP contribution < -0.4 is 0 Å². The second kappa shape index (κ2) is 65.7. The lowest BCUT2D eigenvalue weighted by molar-refractivity contribution is -0.161. The molecule has 0 fully saturated rings. The maximum Gasteiger partial charge on any atom is 0.472 e. The number of unbranched alkanes of at least 4 members (excludes halogenated alkanes) is 39. The van der Waals surface area contributed by atoms with Crippen molar-refractivity contribution in [2.24, 2.45) is 17.8 Å². The number of phosphoric ester groups is 2. The van der Waals surface area contributed by atoms with E-state index >= 15 is 0 Å². The minimum atomic E-state index is -4.96. The molecule has 0 aromatic heterocycles. The Hall–Kier alpha value is -1.94. The van der Waals surface area contributed by atoms with Gasteiger partial charge in [0.2, 0.25) is 0 Å². The first-order valence-electron chi connectivity index (χ1n) is 38.9. The summed E-state index contributed by atoms with van der Waals surface area (Å²) in [4.78, 5) is 72.4. The Bertz CT molecular complexity index is 1840. The Kier molecular flexibility index (Phi) is 64.3. The highest BCUT2D eigenvalue weighted by Gasteiger charge is 2.30. The normalized spacial score (nSPS) is 14.7. The van der Waals surface area contributed by atoms with Gasteiger partial charge in [-0.3, -0.25) is 37.3 Å². The number of rotatable bonds is 73. The highest BCUT2D eigenvalue weighted by molar-refractivity contribution is 7.47. The van der Waals surface area contributed by atoms with Gasteiger partial charge in [0.15, 0.2) is 12.2 Å². The van der Waals surface area contributed by atoms with Crippen LogP contribution in [-0.2, 0) is 65.4 Å². The molecule has 0 aromatic rings. The summed E-state index contributed by atoms with van der Waals surface area (Å²) in [6, 6.07) is 0. The Morgan fingerprint density at radius 1 is 0.309 bits per heavy atom. The summed E-state index contributed by atoms with van der Waals surface area (Å²) in [6.07, 6.45) is 51.9. The highest BCUT2D eigenvalue weighted by atomic mass is 31.2. The summed E-state index contributed by atoms with van der Waals surface area (Å²) >= 11 is 0. The molecule has 0 spiro atoms. The summed E-state index contributed by atoms with van der Waals surface area (Å²) in [5.41, 5.74) is 0. The van der Waals surface area contributed by atoms with Crippen LogP contribution >= 0.6 is 15.6 Å². The molecule has 0 aliphatic heterocycles. The van der Waals surface area contributed by atoms with Crippen LogP contribution in [0.4, 0.5) is 0 Å². The number of carbonyl (C=O) groups excluding carboxylic acids is 4. The van der Waals surface area contributed by atoms with Gasteiger partial charge < -0.3 is 33.8 Å². The van der Waals surface area contributed by atoms with E-state index in [2.05, 4.69) is 48.5 Å². The monoisotopic (exact) mass is 1380 g/mol. The van der Waals surface area contributed by atoms with Crippen LogP contribution in [0.2, 0.25) is 0 Å². The fourth-order valence-electron chi connectivity index (χ4n) is 11.4. The Morgan fingerprint density at radius 3 is 0.809 bits per heavy atom. The molecule has 558 valence electrons. The number of ether oxygens (including phenoxy) is 4. The number of aliphatic hydroxyl groups is 1. The Morgan fingerprint density at radius 2 is 0.543 bits per heavy atom. The van der Waals surface area contributed by atoms with E-state index in [1.54, 1.807) is 0 Å². The first-order valence-corrected chi connectivity index (χ1v) is 41.9. The van der Waals surface area contributed by atoms with Crippen LogP contribution in [0.5, 0.6) is 0 Å². The molecule has 0 amide bonds. The maximum atomic E-state index is 13.1. The molecule has 0 rings (SSSR count). The lowest BCUT2D eigenvalue weighted by Gasteiger charge is -2.21. The standard InChI is InChI=1S/C75H146O17P2/c1-8-11-12-39-49-56-72(77)85-62-70(92-75(80)59-52-45-38-37-42-48-55-68(7)10-3)64-89-93(81,82)87-60-69(76)61-88-94(83,84)90-65-71(63-86-73(78)57-50-43-35-31-27-23-20-19-22-26-30-34-41-47-54-67(6)9-2)91-74(79)58-51-44-36-32-28-24-18-16-14-13-15-17-21-25-29-33-40-46-53-66(4)5/h66-71,76H,8-65H2,1-7H3,(H,81,82)(H,83,84)/t67?,68?,69-,70+,71+/m0/s1. The first-order chi connectivity index (χ1) is 45.3. The predicted octanol–water partition coefficient (Wildman–Crippen LogP) is 21.8. The number of hydrogen-bond donors (Lipinski definition) is 3. The minimum absolute atomic E-state index is 0.102. The first kappa shape index (κ1) is 92.1. The average Bonchev–Trinajstić information content (AvgIpc) is 1.96. The van der Waals surface area contributed by atoms with Crippen LogP contribution in [0.25, 0.3) is 0 Å². The van der Waals surface area contributed by atoms with Crippen molar-refractivity contribution in [1.82, 2.24) is 0 Å². The molecule has 0 aliphatic carbocycles. The molecule has 17 nitrogen and oxygen atoms in total. The van der Waals surface area contributed by atoms with Crippen molar-refractivity contribution >= 4 is 39.5 Å². The van der Waals surface area contributed by atoms with Gasteiger partial charge in [0.05, 0.1) is 26.4 Å². The van der Waals surface area contributed by atoms with Crippen molar-refractivity contribution in [3.8, 4) is 0 Å². The summed E-state index contributed by atoms with van der Waals surface area (Å²) in [6.45, 7) is 11.8. The SMILES string of the molecule is CCCCCCCC(=O)OC[C@H](COP(=O)(O)OC[C@H](O)COP(=O)(O)OC[C@@H](COC(=O)CCCCCCCCCCCCCCCCC(C)CC)OC(=O)CCCCCCCCCCCCCCCCCCCCC(C)C)OC(=O)CCCCCCCCC(C)CC. The molecule has 4 unspecified atom stereocenters. The average molecular weight is 1380 g/mol. The summed E-state index contributed by atoms with van der Waals surface area (Å²) in [5.74, 6) is 0.257. The van der Waals surface area contributed by atoms with Gasteiger partial charge in [0.25, 0.3) is 0 Å². The third-order valence-electron chi connectivity index (χ3n) is 18.1. The van der Waals surface area contributed by atoms with Crippen LogP contribution in [0.15, 0.2) is 0 Å². The molecule has 0 heterocycles. The minimum Gasteiger partial charge on any atom is -0.462 e. The third kappa shape index (κ3) is 66.0. The van der Waals surface area contributed by atoms with Crippen LogP contribution in [0.3, 0.4) is 0 Å². The van der Waals surface area contributed by atoms with Crippen molar-refractivity contribution < 1.29 is 80.2 Å². The molecule has 0 saturated carbocycles. The summed E-state index contributed by atoms with van der Waals surface area (Å²) in [7, 11) is -9.90. The number of hydrogen-bond acceptors (Lipinski definition) is 15. The Labute approximate surface area is 575 Å². The quantitative estimate of drug-likeness (QED) is 0.0222. The second-order valence-corrected chi connectivity index (χ2v) is 30.9. The fourth-order valence-corrected chi connectivity index (χ4v) is 12.9. The maximum absolute atomic E-state index is 13.1. The van der Waals surface area contributed by atoms with Gasteiger partial charge in [-0.25, -0.2) is 9.13 Å². The Balaban J connectivity index is 5.12. The van der Waals surface area contributed by atoms with Gasteiger partial charge in [0.1, 0.15) is 19.3 Å². The molecule has 3 N–H and O–H groups in total. The second-order valence-electron chi connectivity index (χ2n) is 28.0. The van der Waals surface area contributed by atoms with E-state index in [1.165, 1.54) is 186 Å². The van der Waals surface area contributed by atoms with Gasteiger partial charge >= 0.3 is 39.5 Å². The summed E-state index contributed by atoms with van der Waals surface area (Å²) < 4.78 is 68.2. The van der Waals surface area contributed by atoms with Gasteiger partial charge in [-0.1, -0.05) is 331 Å². The van der Waals surface area contributed by atoms with E-state index in [1.807, 2.05) is 0 Å². The lowest BCUT2D eigenvalue weighted by Crippen LogP contribution is -2.30. The van der Waals surface area contributed by atoms with Crippen molar-refractivity contribution in [2.75, 3.05) is 39.6 Å². The van der Waals surface area contributed by atoms with Gasteiger partial charge in [-0.2, -0.15) is 0 Å². The van der Waals surface area contributed by atoms with Crippen molar-refractivity contribution in [2.45, 2.75) is 401 Å². The molecule has 0 saturated heterocycles. The molecular weight excluding hydrogens is 1230 g/mol. The molecule has 19 heteroatoms. The van der Waals surface area contributed by atoms with Crippen molar-refractivity contribution in [3.05, 3.63) is 0 Å². The van der Waals surface area contributed by atoms with Crippen molar-refractivity contribution in [1.29, 1.82) is 0 Å². The zero-order chi connectivity index (χ0) is 69.4. The van der Waals surface area contributed by atoms with Gasteiger partial charge in [-0.15, -0.1) is 0 Å². The lowest BCUT2D eigenvalue weighted by atomic mass is 9.99. The van der Waals surface area contributed by atoms with Crippen LogP contribution in [-0.4, -0.2) is 96.7 Å². The largest absolute Gasteiger partial charge is 0.472 e. The number of carbonyl (C=O) groups is 4. The molecule has 0 aliphatic rings. The highest BCUT2D eigenvalue weighted by Crippen LogP contribution is 2.45.